The first-order valence-electron chi connectivity index (χ1n) is 13.7. The fourth-order valence-electron chi connectivity index (χ4n) is 5.82. The summed E-state index contributed by atoms with van der Waals surface area (Å²) < 4.78 is 19.0. The lowest BCUT2D eigenvalue weighted by atomic mass is 9.87. The number of H-pyrrole nitrogens is 1. The van der Waals surface area contributed by atoms with Crippen LogP contribution < -0.4 is 5.32 Å². The van der Waals surface area contributed by atoms with Crippen LogP contribution in [0.1, 0.15) is 18.4 Å². The number of carbonyl (C=O) groups is 2. The molecule has 8 nitrogen and oxygen atoms in total. The average molecular weight is 574 g/mol. The molecular formula is C31H32FN5O3S. The molecule has 1 atom stereocenters. The maximum atomic E-state index is 13.7. The number of thiophene rings is 1. The lowest BCUT2D eigenvalue weighted by Gasteiger charge is -2.30. The number of nitrogens with zero attached hydrogens (tertiary/aromatic N) is 3. The van der Waals surface area contributed by atoms with E-state index in [9.17, 15) is 14.0 Å². The van der Waals surface area contributed by atoms with Crippen LogP contribution in [0.2, 0.25) is 0 Å². The van der Waals surface area contributed by atoms with Crippen molar-refractivity contribution in [3.63, 3.8) is 0 Å². The number of benzene rings is 2. The molecule has 0 aliphatic carbocycles. The minimum Gasteiger partial charge on any atom is -0.384 e. The highest BCUT2D eigenvalue weighted by atomic mass is 32.1. The summed E-state index contributed by atoms with van der Waals surface area (Å²) in [4.78, 5) is 30.8. The lowest BCUT2D eigenvalue weighted by Crippen LogP contribution is -2.45. The Morgan fingerprint density at radius 3 is 2.73 bits per heavy atom. The number of halogens is 1. The molecule has 1 fully saturated rings. The van der Waals surface area contributed by atoms with Crippen molar-refractivity contribution in [3.05, 3.63) is 76.7 Å². The Balaban J connectivity index is 1.12. The maximum Gasteiger partial charge on any atom is 0.237 e. The summed E-state index contributed by atoms with van der Waals surface area (Å²) in [6, 6.07) is 13.9. The third kappa shape index (κ3) is 5.68. The van der Waals surface area contributed by atoms with Gasteiger partial charge in [0.05, 0.1) is 29.8 Å². The van der Waals surface area contributed by atoms with E-state index in [-0.39, 0.29) is 30.8 Å². The highest BCUT2D eigenvalue weighted by molar-refractivity contribution is 7.08. The second-order valence-corrected chi connectivity index (χ2v) is 11.6. The molecule has 2 aliphatic heterocycles. The summed E-state index contributed by atoms with van der Waals surface area (Å²) >= 11 is 1.68. The molecule has 0 spiro atoms. The molecular weight excluding hydrogens is 541 g/mol. The summed E-state index contributed by atoms with van der Waals surface area (Å²) in [5.41, 5.74) is 4.69. The van der Waals surface area contributed by atoms with Crippen LogP contribution in [0.4, 0.5) is 10.1 Å². The van der Waals surface area contributed by atoms with Crippen LogP contribution in [0.3, 0.4) is 0 Å². The zero-order valence-corrected chi connectivity index (χ0v) is 23.7. The summed E-state index contributed by atoms with van der Waals surface area (Å²) in [5.74, 6) is -0.368. The molecule has 0 saturated carbocycles. The van der Waals surface area contributed by atoms with E-state index in [1.807, 2.05) is 23.1 Å². The first-order valence-corrected chi connectivity index (χ1v) is 14.6. The van der Waals surface area contributed by atoms with Gasteiger partial charge in [-0.05, 0) is 89.8 Å². The van der Waals surface area contributed by atoms with Gasteiger partial charge in [0.2, 0.25) is 11.8 Å². The van der Waals surface area contributed by atoms with Crippen LogP contribution in [0, 0.1) is 11.2 Å². The quantitative estimate of drug-likeness (QED) is 0.309. The van der Waals surface area contributed by atoms with Gasteiger partial charge in [0.25, 0.3) is 0 Å². The SMILES string of the molecule is COCC1(C(=O)Nc2ccc3[nH]nc(-c4ccc(F)cc4)c3c2)CCN(CC(=O)N2CC=C(c3ccsc3)CC2)C1. The Hall–Kier alpha value is -3.86. The largest absolute Gasteiger partial charge is 0.384 e. The second-order valence-electron chi connectivity index (χ2n) is 10.8. The normalized spacial score (nSPS) is 19.5. The van der Waals surface area contributed by atoms with Gasteiger partial charge in [0.15, 0.2) is 0 Å². The maximum absolute atomic E-state index is 13.7. The molecule has 0 radical (unpaired) electrons. The number of hydrogen-bond acceptors (Lipinski definition) is 6. The monoisotopic (exact) mass is 573 g/mol. The average Bonchev–Trinajstić information content (AvgIpc) is 3.75. The number of hydrogen-bond donors (Lipinski definition) is 2. The van der Waals surface area contributed by atoms with Crippen molar-refractivity contribution in [2.24, 2.45) is 5.41 Å². The first kappa shape index (κ1) is 27.3. The molecule has 2 aliphatic rings. The van der Waals surface area contributed by atoms with Gasteiger partial charge in [-0.1, -0.05) is 6.08 Å². The molecule has 0 bridgehead atoms. The van der Waals surface area contributed by atoms with Crippen molar-refractivity contribution in [1.29, 1.82) is 0 Å². The standard InChI is InChI=1S/C31H32FN5O3S/c1-40-20-31(11-14-36(19-31)17-28(38)37-12-8-21(9-13-37)23-10-15-41-18-23)30(39)33-25-6-7-27-26(16-25)29(35-34-27)22-2-4-24(32)5-3-22/h2-8,10,15-16,18H,9,11-14,17,19-20H2,1H3,(H,33,39)(H,34,35). The molecule has 41 heavy (non-hydrogen) atoms. The molecule has 6 rings (SSSR count). The number of nitrogens with one attached hydrogen (secondary N) is 2. The number of fused-ring (bicyclic) bond motifs is 1. The molecule has 4 aromatic rings. The van der Waals surface area contributed by atoms with Crippen LogP contribution >= 0.6 is 11.3 Å². The molecule has 10 heteroatoms. The van der Waals surface area contributed by atoms with Crippen LogP contribution in [0.5, 0.6) is 0 Å². The Bertz CT molecular complexity index is 1580. The number of anilines is 1. The Morgan fingerprint density at radius 1 is 1.15 bits per heavy atom. The van der Waals surface area contributed by atoms with Crippen molar-refractivity contribution in [2.45, 2.75) is 12.8 Å². The second kappa shape index (κ2) is 11.6. The van der Waals surface area contributed by atoms with Crippen molar-refractivity contribution >= 4 is 45.3 Å². The number of methoxy groups -OCH3 is 1. The highest BCUT2D eigenvalue weighted by Gasteiger charge is 2.45. The van der Waals surface area contributed by atoms with E-state index >= 15 is 0 Å². The predicted molar refractivity (Wildman–Crippen MR) is 159 cm³/mol. The zero-order valence-electron chi connectivity index (χ0n) is 22.9. The smallest absolute Gasteiger partial charge is 0.237 e. The van der Waals surface area contributed by atoms with Gasteiger partial charge < -0.3 is 15.0 Å². The molecule has 1 unspecified atom stereocenters. The number of likely N-dealkylation sites (tertiary alicyclic amines) is 1. The van der Waals surface area contributed by atoms with Gasteiger partial charge in [-0.25, -0.2) is 4.39 Å². The van der Waals surface area contributed by atoms with E-state index in [1.165, 1.54) is 23.3 Å². The Labute approximate surface area is 241 Å². The number of rotatable bonds is 8. The topological polar surface area (TPSA) is 90.6 Å². The van der Waals surface area contributed by atoms with E-state index in [0.29, 0.717) is 44.0 Å². The van der Waals surface area contributed by atoms with Crippen molar-refractivity contribution in [2.75, 3.05) is 51.8 Å². The molecule has 2 aromatic heterocycles. The minimum atomic E-state index is -0.770. The van der Waals surface area contributed by atoms with Gasteiger partial charge in [-0.15, -0.1) is 0 Å². The number of ether oxygens (including phenoxy) is 1. The summed E-state index contributed by atoms with van der Waals surface area (Å²) in [6.45, 7) is 2.93. The highest BCUT2D eigenvalue weighted by Crippen LogP contribution is 2.34. The van der Waals surface area contributed by atoms with E-state index in [0.717, 1.165) is 22.9 Å². The molecule has 4 heterocycles. The third-order valence-electron chi connectivity index (χ3n) is 8.09. The molecule has 2 aromatic carbocycles. The first-order chi connectivity index (χ1) is 19.9. The van der Waals surface area contributed by atoms with Gasteiger partial charge in [0, 0.05) is 43.4 Å². The van der Waals surface area contributed by atoms with E-state index in [4.69, 9.17) is 4.74 Å². The van der Waals surface area contributed by atoms with Gasteiger partial charge in [0.1, 0.15) is 5.82 Å². The summed E-state index contributed by atoms with van der Waals surface area (Å²) in [5, 5.41) is 15.5. The predicted octanol–water partition coefficient (Wildman–Crippen LogP) is 5.02. The Kier molecular flexibility index (Phi) is 7.70. The van der Waals surface area contributed by atoms with Crippen molar-refractivity contribution in [3.8, 4) is 11.3 Å². The van der Waals surface area contributed by atoms with Crippen molar-refractivity contribution < 1.29 is 18.7 Å². The molecule has 2 N–H and O–H groups in total. The van der Waals surface area contributed by atoms with Crippen LogP contribution in [0.25, 0.3) is 27.7 Å². The number of carbonyl (C=O) groups excluding carboxylic acids is 2. The van der Waals surface area contributed by atoms with Gasteiger partial charge in [-0.2, -0.15) is 16.4 Å². The van der Waals surface area contributed by atoms with E-state index in [1.54, 1.807) is 30.6 Å². The molecule has 1 saturated heterocycles. The molecule has 2 amide bonds. The van der Waals surface area contributed by atoms with Crippen molar-refractivity contribution in [1.82, 2.24) is 20.0 Å². The number of aromatic amines is 1. The summed E-state index contributed by atoms with van der Waals surface area (Å²) in [6.07, 6.45) is 3.59. The van der Waals surface area contributed by atoms with E-state index < -0.39 is 5.41 Å². The van der Waals surface area contributed by atoms with Crippen LogP contribution in [-0.4, -0.2) is 78.3 Å². The summed E-state index contributed by atoms with van der Waals surface area (Å²) in [7, 11) is 1.60. The van der Waals surface area contributed by atoms with Gasteiger partial charge >= 0.3 is 0 Å². The number of aromatic nitrogens is 2. The Morgan fingerprint density at radius 2 is 2.00 bits per heavy atom. The minimum absolute atomic E-state index is 0.0815. The molecule has 212 valence electrons. The zero-order chi connectivity index (χ0) is 28.4. The fraction of sp³-hybridized carbons (Fsp3) is 0.323. The fourth-order valence-corrected chi connectivity index (χ4v) is 6.50. The number of amides is 2. The van der Waals surface area contributed by atoms with E-state index in [2.05, 4.69) is 43.3 Å². The van der Waals surface area contributed by atoms with Crippen LogP contribution in [0.15, 0.2) is 65.4 Å². The van der Waals surface area contributed by atoms with Crippen LogP contribution in [-0.2, 0) is 14.3 Å². The lowest BCUT2D eigenvalue weighted by molar-refractivity contribution is -0.133. The van der Waals surface area contributed by atoms with Gasteiger partial charge in [-0.3, -0.25) is 19.6 Å². The third-order valence-corrected chi connectivity index (χ3v) is 8.77.